The largest absolute Gasteiger partial charge is 0.342 e. The number of rotatable bonds is 6. The van der Waals surface area contributed by atoms with Gasteiger partial charge in [0.15, 0.2) is 0 Å². The van der Waals surface area contributed by atoms with Crippen LogP contribution in [0.15, 0.2) is 12.4 Å². The van der Waals surface area contributed by atoms with Gasteiger partial charge in [-0.15, -0.1) is 0 Å². The number of piperazine rings is 1. The molecule has 2 aliphatic heterocycles. The van der Waals surface area contributed by atoms with Gasteiger partial charge in [0.05, 0.1) is 6.54 Å². The van der Waals surface area contributed by atoms with Crippen molar-refractivity contribution in [2.45, 2.75) is 39.7 Å². The van der Waals surface area contributed by atoms with Crippen LogP contribution in [0.3, 0.4) is 0 Å². The van der Waals surface area contributed by atoms with Crippen LogP contribution in [0.2, 0.25) is 0 Å². The standard InChI is InChI=1S/C19H33N5O/c1-3-18-20-6-9-23(18)15-14-21-10-12-22(13-11-21)16-19(25)24-7-4-17(2)5-8-24/h6,9,17H,3-5,7-8,10-16H2,1-2H3. The summed E-state index contributed by atoms with van der Waals surface area (Å²) >= 11 is 0. The van der Waals surface area contributed by atoms with Crippen molar-refractivity contribution in [2.75, 3.05) is 52.4 Å². The van der Waals surface area contributed by atoms with Gasteiger partial charge in [0.1, 0.15) is 5.82 Å². The second-order valence-electron chi connectivity index (χ2n) is 7.57. The highest BCUT2D eigenvalue weighted by molar-refractivity contribution is 5.78. The fourth-order valence-electron chi connectivity index (χ4n) is 3.83. The molecule has 0 spiro atoms. The Bertz CT molecular complexity index is 542. The molecule has 25 heavy (non-hydrogen) atoms. The van der Waals surface area contributed by atoms with Crippen molar-refractivity contribution in [1.82, 2.24) is 24.3 Å². The van der Waals surface area contributed by atoms with E-state index in [9.17, 15) is 4.79 Å². The first kappa shape index (κ1) is 18.4. The van der Waals surface area contributed by atoms with E-state index in [4.69, 9.17) is 0 Å². The van der Waals surface area contributed by atoms with Crippen molar-refractivity contribution in [1.29, 1.82) is 0 Å². The van der Waals surface area contributed by atoms with Crippen molar-refractivity contribution >= 4 is 5.91 Å². The molecule has 0 radical (unpaired) electrons. The summed E-state index contributed by atoms with van der Waals surface area (Å²) in [6, 6.07) is 0. The monoisotopic (exact) mass is 347 g/mol. The SMILES string of the molecule is CCc1nccn1CCN1CCN(CC(=O)N2CCC(C)CC2)CC1. The number of nitrogens with zero attached hydrogens (tertiary/aromatic N) is 5. The lowest BCUT2D eigenvalue weighted by molar-refractivity contribution is -0.134. The van der Waals surface area contributed by atoms with Crippen molar-refractivity contribution in [3.8, 4) is 0 Å². The lowest BCUT2D eigenvalue weighted by Gasteiger charge is -2.36. The van der Waals surface area contributed by atoms with E-state index >= 15 is 0 Å². The minimum atomic E-state index is 0.325. The lowest BCUT2D eigenvalue weighted by atomic mass is 9.99. The number of carbonyl (C=O) groups excluding carboxylic acids is 1. The van der Waals surface area contributed by atoms with Gasteiger partial charge in [-0.25, -0.2) is 4.98 Å². The third-order valence-corrected chi connectivity index (χ3v) is 5.74. The Labute approximate surface area is 151 Å². The molecule has 6 nitrogen and oxygen atoms in total. The molecular formula is C19H33N5O. The Kier molecular flexibility index (Phi) is 6.48. The summed E-state index contributed by atoms with van der Waals surface area (Å²) in [4.78, 5) is 23.7. The van der Waals surface area contributed by atoms with Crippen LogP contribution in [-0.4, -0.2) is 82.5 Å². The van der Waals surface area contributed by atoms with E-state index in [0.29, 0.717) is 12.5 Å². The number of imidazole rings is 1. The molecule has 0 atom stereocenters. The second kappa shape index (κ2) is 8.81. The van der Waals surface area contributed by atoms with Crippen molar-refractivity contribution in [3.05, 3.63) is 18.2 Å². The molecule has 2 fully saturated rings. The molecule has 6 heteroatoms. The number of hydrogen-bond acceptors (Lipinski definition) is 4. The molecule has 0 unspecified atom stereocenters. The van der Waals surface area contributed by atoms with Crippen LogP contribution in [0.25, 0.3) is 0 Å². The minimum Gasteiger partial charge on any atom is -0.342 e. The van der Waals surface area contributed by atoms with Crippen LogP contribution in [-0.2, 0) is 17.8 Å². The molecule has 1 amide bonds. The minimum absolute atomic E-state index is 0.325. The summed E-state index contributed by atoms with van der Waals surface area (Å²) in [5.41, 5.74) is 0. The average molecular weight is 348 g/mol. The normalized spacial score (nSPS) is 21.0. The van der Waals surface area contributed by atoms with E-state index < -0.39 is 0 Å². The Morgan fingerprint density at radius 2 is 1.76 bits per heavy atom. The van der Waals surface area contributed by atoms with E-state index in [-0.39, 0.29) is 0 Å². The molecule has 140 valence electrons. The third kappa shape index (κ3) is 5.05. The lowest BCUT2D eigenvalue weighted by Crippen LogP contribution is -2.51. The number of hydrogen-bond donors (Lipinski definition) is 0. The van der Waals surface area contributed by atoms with Gasteiger partial charge in [-0.3, -0.25) is 14.6 Å². The smallest absolute Gasteiger partial charge is 0.236 e. The molecule has 2 aliphatic rings. The van der Waals surface area contributed by atoms with Gasteiger partial charge in [0.25, 0.3) is 0 Å². The van der Waals surface area contributed by atoms with Crippen LogP contribution >= 0.6 is 0 Å². The molecule has 1 aromatic rings. The van der Waals surface area contributed by atoms with Gasteiger partial charge >= 0.3 is 0 Å². The summed E-state index contributed by atoms with van der Waals surface area (Å²) in [7, 11) is 0. The molecule has 1 aromatic heterocycles. The van der Waals surface area contributed by atoms with Crippen LogP contribution in [0.4, 0.5) is 0 Å². The molecule has 0 N–H and O–H groups in total. The third-order valence-electron chi connectivity index (χ3n) is 5.74. The second-order valence-corrected chi connectivity index (χ2v) is 7.57. The fraction of sp³-hybridized carbons (Fsp3) is 0.789. The van der Waals surface area contributed by atoms with Crippen LogP contribution in [0.1, 0.15) is 32.5 Å². The van der Waals surface area contributed by atoms with Gasteiger partial charge in [-0.1, -0.05) is 13.8 Å². The van der Waals surface area contributed by atoms with Crippen molar-refractivity contribution in [2.24, 2.45) is 5.92 Å². The quantitative estimate of drug-likeness (QED) is 0.779. The topological polar surface area (TPSA) is 44.6 Å². The number of likely N-dealkylation sites (tertiary alicyclic amines) is 1. The highest BCUT2D eigenvalue weighted by Crippen LogP contribution is 2.16. The molecule has 0 aromatic carbocycles. The fourth-order valence-corrected chi connectivity index (χ4v) is 3.83. The van der Waals surface area contributed by atoms with Gasteiger partial charge in [-0.05, 0) is 18.8 Å². The number of aromatic nitrogens is 2. The Morgan fingerprint density at radius 3 is 2.44 bits per heavy atom. The van der Waals surface area contributed by atoms with Gasteiger partial charge in [0, 0.05) is 71.2 Å². The molecule has 3 heterocycles. The first-order valence-electron chi connectivity index (χ1n) is 9.88. The first-order chi connectivity index (χ1) is 12.2. The maximum atomic E-state index is 12.5. The zero-order valence-corrected chi connectivity index (χ0v) is 15.9. The predicted octanol–water partition coefficient (Wildman–Crippen LogP) is 1.32. The number of carbonyl (C=O) groups is 1. The zero-order chi connectivity index (χ0) is 17.6. The molecule has 2 saturated heterocycles. The van der Waals surface area contributed by atoms with Crippen LogP contribution < -0.4 is 0 Å². The molecule has 0 aliphatic carbocycles. The number of amides is 1. The van der Waals surface area contributed by atoms with Crippen molar-refractivity contribution in [3.63, 3.8) is 0 Å². The molecule has 0 saturated carbocycles. The first-order valence-corrected chi connectivity index (χ1v) is 9.88. The van der Waals surface area contributed by atoms with Crippen LogP contribution in [0.5, 0.6) is 0 Å². The Hall–Kier alpha value is -1.40. The maximum absolute atomic E-state index is 12.5. The van der Waals surface area contributed by atoms with E-state index in [2.05, 4.69) is 44.3 Å². The van der Waals surface area contributed by atoms with Gasteiger partial charge in [-0.2, -0.15) is 0 Å². The molecular weight excluding hydrogens is 314 g/mol. The van der Waals surface area contributed by atoms with E-state index in [0.717, 1.165) is 77.5 Å². The average Bonchev–Trinajstić information content (AvgIpc) is 3.09. The van der Waals surface area contributed by atoms with Crippen molar-refractivity contribution < 1.29 is 4.79 Å². The van der Waals surface area contributed by atoms with E-state index in [1.165, 1.54) is 5.82 Å². The van der Waals surface area contributed by atoms with Gasteiger partial charge < -0.3 is 9.47 Å². The zero-order valence-electron chi connectivity index (χ0n) is 15.9. The Morgan fingerprint density at radius 1 is 1.08 bits per heavy atom. The summed E-state index contributed by atoms with van der Waals surface area (Å²) in [5, 5.41) is 0. The summed E-state index contributed by atoms with van der Waals surface area (Å²) in [6.45, 7) is 13.1. The molecule has 3 rings (SSSR count). The number of aryl methyl sites for hydroxylation is 1. The maximum Gasteiger partial charge on any atom is 0.236 e. The summed E-state index contributed by atoms with van der Waals surface area (Å²) < 4.78 is 2.26. The van der Waals surface area contributed by atoms with Gasteiger partial charge in [0.2, 0.25) is 5.91 Å². The van der Waals surface area contributed by atoms with E-state index in [1.807, 2.05) is 6.20 Å². The Balaban J connectivity index is 1.36. The summed E-state index contributed by atoms with van der Waals surface area (Å²) in [5.74, 6) is 2.27. The highest BCUT2D eigenvalue weighted by Gasteiger charge is 2.24. The predicted molar refractivity (Wildman–Crippen MR) is 99.5 cm³/mol. The summed E-state index contributed by atoms with van der Waals surface area (Å²) in [6.07, 6.45) is 7.27. The van der Waals surface area contributed by atoms with E-state index in [1.54, 1.807) is 0 Å². The molecule has 0 bridgehead atoms. The van der Waals surface area contributed by atoms with Crippen LogP contribution in [0, 0.1) is 5.92 Å². The highest BCUT2D eigenvalue weighted by atomic mass is 16.2. The number of piperidine rings is 1.